The van der Waals surface area contributed by atoms with E-state index in [2.05, 4.69) is 15.2 Å². The van der Waals surface area contributed by atoms with Crippen LogP contribution in [-0.4, -0.2) is 46.6 Å². The van der Waals surface area contributed by atoms with Gasteiger partial charge in [0.05, 0.1) is 19.3 Å². The molecule has 0 saturated carbocycles. The zero-order valence-electron chi connectivity index (χ0n) is 16.2. The van der Waals surface area contributed by atoms with Crippen LogP contribution in [0, 0.1) is 0 Å². The van der Waals surface area contributed by atoms with Crippen LogP contribution in [0.1, 0.15) is 36.9 Å². The van der Waals surface area contributed by atoms with Crippen LogP contribution in [0.2, 0.25) is 0 Å². The van der Waals surface area contributed by atoms with Crippen molar-refractivity contribution >= 4 is 5.91 Å². The SMILES string of the molecule is COc1cccc(CNC(=O)CN2[C@H]3CC[C@H]2CC(O)(c2ccccn2)C3)c1. The zero-order chi connectivity index (χ0) is 19.6. The summed E-state index contributed by atoms with van der Waals surface area (Å²) in [5.41, 5.74) is 0.869. The van der Waals surface area contributed by atoms with Crippen LogP contribution in [0.3, 0.4) is 0 Å². The molecule has 3 heterocycles. The number of hydrogen-bond donors (Lipinski definition) is 2. The van der Waals surface area contributed by atoms with Crippen molar-refractivity contribution in [3.63, 3.8) is 0 Å². The summed E-state index contributed by atoms with van der Waals surface area (Å²) in [7, 11) is 1.63. The Kier molecular flexibility index (Phi) is 5.33. The van der Waals surface area contributed by atoms with E-state index in [1.54, 1.807) is 13.3 Å². The molecule has 28 heavy (non-hydrogen) atoms. The van der Waals surface area contributed by atoms with Crippen LogP contribution in [0.5, 0.6) is 5.75 Å². The number of amides is 1. The number of hydrogen-bond acceptors (Lipinski definition) is 5. The van der Waals surface area contributed by atoms with Gasteiger partial charge in [0.15, 0.2) is 0 Å². The largest absolute Gasteiger partial charge is 0.497 e. The summed E-state index contributed by atoms with van der Waals surface area (Å²) >= 11 is 0. The zero-order valence-corrected chi connectivity index (χ0v) is 16.2. The number of methoxy groups -OCH3 is 1. The molecule has 0 radical (unpaired) electrons. The highest BCUT2D eigenvalue weighted by molar-refractivity contribution is 5.78. The quantitative estimate of drug-likeness (QED) is 0.803. The van der Waals surface area contributed by atoms with Gasteiger partial charge >= 0.3 is 0 Å². The lowest BCUT2D eigenvalue weighted by molar-refractivity contribution is -0.126. The highest BCUT2D eigenvalue weighted by Gasteiger charge is 2.49. The van der Waals surface area contributed by atoms with E-state index in [4.69, 9.17) is 4.74 Å². The Morgan fingerprint density at radius 3 is 2.71 bits per heavy atom. The minimum absolute atomic E-state index is 0.0167. The average molecular weight is 381 g/mol. The van der Waals surface area contributed by atoms with Crippen molar-refractivity contribution < 1.29 is 14.6 Å². The summed E-state index contributed by atoms with van der Waals surface area (Å²) in [5, 5.41) is 14.2. The second kappa shape index (κ2) is 7.89. The first-order valence-electron chi connectivity index (χ1n) is 9.87. The minimum Gasteiger partial charge on any atom is -0.497 e. The Morgan fingerprint density at radius 2 is 2.04 bits per heavy atom. The number of nitrogens with one attached hydrogen (secondary N) is 1. The molecule has 1 aromatic carbocycles. The molecule has 1 aromatic heterocycles. The Morgan fingerprint density at radius 1 is 1.25 bits per heavy atom. The lowest BCUT2D eigenvalue weighted by Gasteiger charge is -2.43. The van der Waals surface area contributed by atoms with Crippen LogP contribution < -0.4 is 10.1 Å². The lowest BCUT2D eigenvalue weighted by Crippen LogP contribution is -2.52. The van der Waals surface area contributed by atoms with E-state index < -0.39 is 5.60 Å². The number of aromatic nitrogens is 1. The first-order valence-corrected chi connectivity index (χ1v) is 9.87. The number of benzene rings is 1. The Labute approximate surface area is 165 Å². The highest BCUT2D eigenvalue weighted by atomic mass is 16.5. The third-order valence-electron chi connectivity index (χ3n) is 6.01. The number of piperidine rings is 1. The summed E-state index contributed by atoms with van der Waals surface area (Å²) in [6, 6.07) is 13.8. The molecule has 2 aliphatic heterocycles. The third-order valence-corrected chi connectivity index (χ3v) is 6.01. The minimum atomic E-state index is -0.888. The summed E-state index contributed by atoms with van der Waals surface area (Å²) < 4.78 is 5.23. The third kappa shape index (κ3) is 3.88. The molecule has 2 atom stereocenters. The smallest absolute Gasteiger partial charge is 0.234 e. The van der Waals surface area contributed by atoms with Crippen molar-refractivity contribution in [1.29, 1.82) is 0 Å². The highest BCUT2D eigenvalue weighted by Crippen LogP contribution is 2.44. The van der Waals surface area contributed by atoms with E-state index in [0.29, 0.717) is 25.9 Å². The number of aliphatic hydroxyl groups is 1. The number of pyridine rings is 1. The maximum Gasteiger partial charge on any atom is 0.234 e. The Balaban J connectivity index is 1.35. The molecule has 6 nitrogen and oxygen atoms in total. The van der Waals surface area contributed by atoms with E-state index in [9.17, 15) is 9.90 Å². The molecule has 0 spiro atoms. The molecule has 6 heteroatoms. The van der Waals surface area contributed by atoms with Gasteiger partial charge in [0.2, 0.25) is 5.91 Å². The van der Waals surface area contributed by atoms with Crippen LogP contribution in [0.25, 0.3) is 0 Å². The Hall–Kier alpha value is -2.44. The van der Waals surface area contributed by atoms with Gasteiger partial charge in [-0.3, -0.25) is 14.7 Å². The van der Waals surface area contributed by atoms with E-state index >= 15 is 0 Å². The number of fused-ring (bicyclic) bond motifs is 2. The van der Waals surface area contributed by atoms with Gasteiger partial charge < -0.3 is 15.2 Å². The van der Waals surface area contributed by atoms with Crippen molar-refractivity contribution in [3.05, 3.63) is 59.9 Å². The molecule has 2 aliphatic rings. The first kappa shape index (κ1) is 18.9. The molecule has 2 aromatic rings. The standard InChI is InChI=1S/C22H27N3O3/c1-28-19-6-4-5-16(11-19)14-24-21(26)15-25-17-8-9-18(25)13-22(27,12-17)20-7-2-3-10-23-20/h2-7,10-11,17-18,27H,8-9,12-15H2,1H3,(H,24,26)/t17-,18-/m0/s1. The van der Waals surface area contributed by atoms with Crippen LogP contribution in [0.4, 0.5) is 0 Å². The molecule has 1 amide bonds. The number of carbonyl (C=O) groups excluding carboxylic acids is 1. The molecular weight excluding hydrogens is 354 g/mol. The van der Waals surface area contributed by atoms with Gasteiger partial charge in [-0.2, -0.15) is 0 Å². The predicted molar refractivity (Wildman–Crippen MR) is 106 cm³/mol. The van der Waals surface area contributed by atoms with Gasteiger partial charge in [-0.15, -0.1) is 0 Å². The van der Waals surface area contributed by atoms with Gasteiger partial charge in [0, 0.05) is 24.8 Å². The maximum atomic E-state index is 12.5. The first-order chi connectivity index (χ1) is 13.6. The van der Waals surface area contributed by atoms with Crippen LogP contribution >= 0.6 is 0 Å². The van der Waals surface area contributed by atoms with E-state index in [0.717, 1.165) is 29.8 Å². The van der Waals surface area contributed by atoms with Gasteiger partial charge in [-0.1, -0.05) is 18.2 Å². The predicted octanol–water partition coefficient (Wildman–Crippen LogP) is 2.22. The van der Waals surface area contributed by atoms with E-state index in [1.807, 2.05) is 42.5 Å². The molecule has 0 aliphatic carbocycles. The summed E-state index contributed by atoms with van der Waals surface area (Å²) in [5.74, 6) is 0.803. The fourth-order valence-corrected chi connectivity index (χ4v) is 4.63. The fourth-order valence-electron chi connectivity index (χ4n) is 4.63. The molecule has 2 fully saturated rings. The van der Waals surface area contributed by atoms with Crippen molar-refractivity contribution in [2.45, 2.75) is 49.9 Å². The Bertz CT molecular complexity index is 813. The number of ether oxygens (including phenoxy) is 1. The fraction of sp³-hybridized carbons (Fsp3) is 0.455. The van der Waals surface area contributed by atoms with Crippen molar-refractivity contribution in [1.82, 2.24) is 15.2 Å². The van der Waals surface area contributed by atoms with Gasteiger partial charge in [-0.25, -0.2) is 0 Å². The molecular formula is C22H27N3O3. The second-order valence-electron chi connectivity index (χ2n) is 7.84. The maximum absolute atomic E-state index is 12.5. The molecule has 2 bridgehead atoms. The van der Waals surface area contributed by atoms with Crippen molar-refractivity contribution in [2.75, 3.05) is 13.7 Å². The molecule has 2 N–H and O–H groups in total. The van der Waals surface area contributed by atoms with Gasteiger partial charge in [0.25, 0.3) is 0 Å². The van der Waals surface area contributed by atoms with Crippen molar-refractivity contribution in [2.24, 2.45) is 0 Å². The normalized spacial score (nSPS) is 26.8. The number of nitrogens with zero attached hydrogens (tertiary/aromatic N) is 2. The van der Waals surface area contributed by atoms with Crippen molar-refractivity contribution in [3.8, 4) is 5.75 Å². The summed E-state index contributed by atoms with van der Waals surface area (Å²) in [6.45, 7) is 0.856. The second-order valence-corrected chi connectivity index (χ2v) is 7.84. The molecule has 148 valence electrons. The van der Waals surface area contributed by atoms with E-state index in [1.165, 1.54) is 0 Å². The van der Waals surface area contributed by atoms with Crippen LogP contribution in [-0.2, 0) is 16.9 Å². The van der Waals surface area contributed by atoms with Crippen LogP contribution in [0.15, 0.2) is 48.7 Å². The van der Waals surface area contributed by atoms with Gasteiger partial charge in [-0.05, 0) is 55.5 Å². The molecule has 0 unspecified atom stereocenters. The van der Waals surface area contributed by atoms with Gasteiger partial charge in [0.1, 0.15) is 11.4 Å². The molecule has 4 rings (SSSR count). The average Bonchev–Trinajstić information content (AvgIpc) is 2.96. The number of carbonyl (C=O) groups is 1. The summed E-state index contributed by atoms with van der Waals surface area (Å²) in [4.78, 5) is 19.2. The molecule has 2 saturated heterocycles. The number of rotatable bonds is 6. The lowest BCUT2D eigenvalue weighted by atomic mass is 9.83. The monoisotopic (exact) mass is 381 g/mol. The topological polar surface area (TPSA) is 74.7 Å². The van der Waals surface area contributed by atoms with E-state index in [-0.39, 0.29) is 18.0 Å². The summed E-state index contributed by atoms with van der Waals surface area (Å²) in [6.07, 6.45) is 5.02.